The number of rotatable bonds is 3. The van der Waals surface area contributed by atoms with E-state index in [1.165, 1.54) is 12.1 Å². The molecule has 0 radical (unpaired) electrons. The molecule has 0 aliphatic rings. The summed E-state index contributed by atoms with van der Waals surface area (Å²) in [5.74, 6) is 0.638. The molecule has 100 valence electrons. The lowest BCUT2D eigenvalue weighted by Crippen LogP contribution is -1.91. The Kier molecular flexibility index (Phi) is 3.16. The molecule has 0 fully saturated rings. The average molecular weight is 269 g/mol. The molecule has 2 N–H and O–H groups in total. The molecular weight excluding hydrogens is 257 g/mol. The standard InChI is InChI=1S/C15H12FN3O/c16-12-5-1-3-10(7-12)8-14-18-15(20-19-14)11-4-2-6-13(17)9-11/h1-7,9H,8,17H2. The van der Waals surface area contributed by atoms with Crippen molar-refractivity contribution in [2.75, 3.05) is 5.73 Å². The predicted molar refractivity (Wildman–Crippen MR) is 73.4 cm³/mol. The second kappa shape index (κ2) is 5.13. The van der Waals surface area contributed by atoms with E-state index in [-0.39, 0.29) is 5.82 Å². The van der Waals surface area contributed by atoms with Crippen molar-refractivity contribution in [2.45, 2.75) is 6.42 Å². The molecule has 0 unspecified atom stereocenters. The van der Waals surface area contributed by atoms with Crippen LogP contribution in [0.2, 0.25) is 0 Å². The molecule has 1 aromatic heterocycles. The maximum Gasteiger partial charge on any atom is 0.258 e. The highest BCUT2D eigenvalue weighted by atomic mass is 19.1. The third kappa shape index (κ3) is 2.66. The zero-order valence-electron chi connectivity index (χ0n) is 10.6. The molecule has 20 heavy (non-hydrogen) atoms. The average Bonchev–Trinajstić information content (AvgIpc) is 2.87. The van der Waals surface area contributed by atoms with Crippen LogP contribution in [0.5, 0.6) is 0 Å². The normalized spacial score (nSPS) is 10.7. The van der Waals surface area contributed by atoms with Crippen LogP contribution in [0.4, 0.5) is 10.1 Å². The molecule has 1 heterocycles. The number of nitrogens with zero attached hydrogens (tertiary/aromatic N) is 2. The van der Waals surface area contributed by atoms with Crippen LogP contribution in [0.25, 0.3) is 11.5 Å². The van der Waals surface area contributed by atoms with E-state index in [0.717, 1.165) is 11.1 Å². The van der Waals surface area contributed by atoms with Gasteiger partial charge in [-0.15, -0.1) is 0 Å². The SMILES string of the molecule is Nc1cccc(-c2nc(Cc3cccc(F)c3)no2)c1. The Morgan fingerprint density at radius 1 is 1.10 bits per heavy atom. The fourth-order valence-electron chi connectivity index (χ4n) is 1.94. The van der Waals surface area contributed by atoms with Crippen molar-refractivity contribution in [3.63, 3.8) is 0 Å². The fraction of sp³-hybridized carbons (Fsp3) is 0.0667. The monoisotopic (exact) mass is 269 g/mol. The molecule has 3 rings (SSSR count). The zero-order chi connectivity index (χ0) is 13.9. The van der Waals surface area contributed by atoms with Crippen molar-refractivity contribution in [1.29, 1.82) is 0 Å². The number of hydrogen-bond donors (Lipinski definition) is 1. The van der Waals surface area contributed by atoms with Crippen LogP contribution in [0.3, 0.4) is 0 Å². The smallest absolute Gasteiger partial charge is 0.258 e. The Balaban J connectivity index is 1.84. The van der Waals surface area contributed by atoms with Crippen molar-refractivity contribution in [3.05, 3.63) is 65.7 Å². The van der Waals surface area contributed by atoms with Gasteiger partial charge in [-0.3, -0.25) is 0 Å². The summed E-state index contributed by atoms with van der Waals surface area (Å²) < 4.78 is 18.3. The summed E-state index contributed by atoms with van der Waals surface area (Å²) in [5.41, 5.74) is 7.91. The Morgan fingerprint density at radius 2 is 1.95 bits per heavy atom. The van der Waals surface area contributed by atoms with Gasteiger partial charge in [0.05, 0.1) is 0 Å². The van der Waals surface area contributed by atoms with Gasteiger partial charge in [0, 0.05) is 17.7 Å². The quantitative estimate of drug-likeness (QED) is 0.742. The molecule has 2 aromatic carbocycles. The highest BCUT2D eigenvalue weighted by Gasteiger charge is 2.09. The fourth-order valence-corrected chi connectivity index (χ4v) is 1.94. The lowest BCUT2D eigenvalue weighted by atomic mass is 10.1. The Hall–Kier alpha value is -2.69. The maximum absolute atomic E-state index is 13.1. The van der Waals surface area contributed by atoms with Crippen molar-refractivity contribution in [1.82, 2.24) is 10.1 Å². The first-order valence-corrected chi connectivity index (χ1v) is 6.14. The van der Waals surface area contributed by atoms with Crippen molar-refractivity contribution in [2.24, 2.45) is 0 Å². The molecule has 5 heteroatoms. The van der Waals surface area contributed by atoms with Crippen molar-refractivity contribution >= 4 is 5.69 Å². The first kappa shape index (κ1) is 12.3. The molecule has 0 saturated heterocycles. The van der Waals surface area contributed by atoms with Crippen molar-refractivity contribution < 1.29 is 8.91 Å². The number of aromatic nitrogens is 2. The number of nitrogen functional groups attached to an aromatic ring is 1. The van der Waals surface area contributed by atoms with Crippen LogP contribution >= 0.6 is 0 Å². The minimum absolute atomic E-state index is 0.276. The minimum atomic E-state index is -0.276. The number of nitrogens with two attached hydrogens (primary N) is 1. The lowest BCUT2D eigenvalue weighted by Gasteiger charge is -1.96. The number of hydrogen-bond acceptors (Lipinski definition) is 4. The van der Waals surface area contributed by atoms with E-state index in [1.807, 2.05) is 18.2 Å². The Morgan fingerprint density at radius 3 is 2.75 bits per heavy atom. The van der Waals surface area contributed by atoms with Crippen LogP contribution in [-0.4, -0.2) is 10.1 Å². The summed E-state index contributed by atoms with van der Waals surface area (Å²) in [6, 6.07) is 13.5. The predicted octanol–water partition coefficient (Wildman–Crippen LogP) is 3.05. The highest BCUT2D eigenvalue weighted by molar-refractivity contribution is 5.59. The van der Waals surface area contributed by atoms with Gasteiger partial charge in [0.1, 0.15) is 5.82 Å². The molecule has 0 spiro atoms. The van der Waals surface area contributed by atoms with E-state index < -0.39 is 0 Å². The van der Waals surface area contributed by atoms with Gasteiger partial charge in [-0.05, 0) is 35.9 Å². The topological polar surface area (TPSA) is 64.9 Å². The van der Waals surface area contributed by atoms with Crippen LogP contribution < -0.4 is 5.73 Å². The molecule has 0 saturated carbocycles. The first-order chi connectivity index (χ1) is 9.70. The third-order valence-electron chi connectivity index (χ3n) is 2.85. The van der Waals surface area contributed by atoms with Gasteiger partial charge < -0.3 is 10.3 Å². The van der Waals surface area contributed by atoms with Gasteiger partial charge in [-0.1, -0.05) is 23.4 Å². The van der Waals surface area contributed by atoms with Gasteiger partial charge in [-0.2, -0.15) is 4.98 Å². The number of benzene rings is 2. The van der Waals surface area contributed by atoms with Crippen LogP contribution in [0.1, 0.15) is 11.4 Å². The molecule has 0 atom stereocenters. The van der Waals surface area contributed by atoms with Crippen LogP contribution in [-0.2, 0) is 6.42 Å². The molecule has 3 aromatic rings. The summed E-state index contributed by atoms with van der Waals surface area (Å²) in [4.78, 5) is 4.29. The van der Waals surface area contributed by atoms with Gasteiger partial charge in [0.15, 0.2) is 5.82 Å². The van der Waals surface area contributed by atoms with E-state index in [9.17, 15) is 4.39 Å². The van der Waals surface area contributed by atoms with Crippen LogP contribution in [0, 0.1) is 5.82 Å². The van der Waals surface area contributed by atoms with Crippen LogP contribution in [0.15, 0.2) is 53.1 Å². The molecule has 0 aliphatic heterocycles. The minimum Gasteiger partial charge on any atom is -0.399 e. The maximum atomic E-state index is 13.1. The second-order valence-corrected chi connectivity index (χ2v) is 4.45. The summed E-state index contributed by atoms with van der Waals surface area (Å²) in [5, 5.41) is 3.90. The van der Waals surface area contributed by atoms with Gasteiger partial charge >= 0.3 is 0 Å². The molecule has 0 amide bonds. The largest absolute Gasteiger partial charge is 0.399 e. The van der Waals surface area contributed by atoms with E-state index in [4.69, 9.17) is 10.3 Å². The highest BCUT2D eigenvalue weighted by Crippen LogP contribution is 2.20. The number of halogens is 1. The third-order valence-corrected chi connectivity index (χ3v) is 2.85. The number of anilines is 1. The van der Waals surface area contributed by atoms with E-state index >= 15 is 0 Å². The zero-order valence-corrected chi connectivity index (χ0v) is 10.6. The first-order valence-electron chi connectivity index (χ1n) is 6.14. The summed E-state index contributed by atoms with van der Waals surface area (Å²) in [6.45, 7) is 0. The summed E-state index contributed by atoms with van der Waals surface area (Å²) >= 11 is 0. The second-order valence-electron chi connectivity index (χ2n) is 4.45. The van der Waals surface area contributed by atoms with E-state index in [2.05, 4.69) is 10.1 Å². The molecule has 0 bridgehead atoms. The van der Waals surface area contributed by atoms with E-state index in [0.29, 0.717) is 23.8 Å². The van der Waals surface area contributed by atoms with E-state index in [1.54, 1.807) is 18.2 Å². The van der Waals surface area contributed by atoms with Crippen molar-refractivity contribution in [3.8, 4) is 11.5 Å². The van der Waals surface area contributed by atoms with Gasteiger partial charge in [0.2, 0.25) is 0 Å². The Bertz CT molecular complexity index is 739. The molecule has 4 nitrogen and oxygen atoms in total. The van der Waals surface area contributed by atoms with Gasteiger partial charge in [0.25, 0.3) is 5.89 Å². The lowest BCUT2D eigenvalue weighted by molar-refractivity contribution is 0.424. The molecule has 0 aliphatic carbocycles. The Labute approximate surface area is 115 Å². The summed E-state index contributed by atoms with van der Waals surface area (Å²) in [7, 11) is 0. The molecular formula is C15H12FN3O. The van der Waals surface area contributed by atoms with Gasteiger partial charge in [-0.25, -0.2) is 4.39 Å². The summed E-state index contributed by atoms with van der Waals surface area (Å²) in [6.07, 6.45) is 0.420.